The molecule has 0 heterocycles. The fraction of sp³-hybridized carbons (Fsp3) is 0.556. The minimum absolute atomic E-state index is 0.221. The van der Waals surface area contributed by atoms with E-state index in [0.717, 1.165) is 0 Å². The lowest BCUT2D eigenvalue weighted by atomic mass is 9.91. The van der Waals surface area contributed by atoms with E-state index in [1.807, 2.05) is 0 Å². The molecule has 6 heteroatoms. The van der Waals surface area contributed by atoms with Gasteiger partial charge in [-0.1, -0.05) is 0 Å². The summed E-state index contributed by atoms with van der Waals surface area (Å²) in [5.74, 6) is -0.252. The lowest BCUT2D eigenvalue weighted by Crippen LogP contribution is -2.30. The molecule has 1 aliphatic carbocycles. The van der Waals surface area contributed by atoms with Crippen LogP contribution in [0.3, 0.4) is 0 Å². The zero-order valence-corrected chi connectivity index (χ0v) is 8.16. The Morgan fingerprint density at radius 1 is 1.40 bits per heavy atom. The average Bonchev–Trinajstić information content (AvgIpc) is 2.15. The predicted molar refractivity (Wildman–Crippen MR) is 48.7 cm³/mol. The quantitative estimate of drug-likeness (QED) is 0.697. The molecule has 0 saturated carbocycles. The highest BCUT2D eigenvalue weighted by molar-refractivity contribution is 6.06. The Morgan fingerprint density at radius 2 is 2.00 bits per heavy atom. The molecular formula is C9H11F3N2O. The number of rotatable bonds is 2. The second kappa shape index (κ2) is 4.04. The van der Waals surface area contributed by atoms with Crippen LogP contribution < -0.4 is 5.32 Å². The summed E-state index contributed by atoms with van der Waals surface area (Å²) in [5, 5.41) is 9.60. The summed E-state index contributed by atoms with van der Waals surface area (Å²) in [6, 6.07) is 0. The van der Waals surface area contributed by atoms with Gasteiger partial charge in [-0.3, -0.25) is 10.2 Å². The van der Waals surface area contributed by atoms with Crippen LogP contribution in [-0.4, -0.2) is 24.7 Å². The van der Waals surface area contributed by atoms with Gasteiger partial charge in [0.25, 0.3) is 0 Å². The van der Waals surface area contributed by atoms with Gasteiger partial charge in [-0.25, -0.2) is 0 Å². The summed E-state index contributed by atoms with van der Waals surface area (Å²) < 4.78 is 36.8. The molecule has 0 aromatic rings. The number of carbonyl (C=O) groups excluding carboxylic acids is 1. The molecular weight excluding hydrogens is 209 g/mol. The van der Waals surface area contributed by atoms with Crippen molar-refractivity contribution in [1.29, 1.82) is 5.41 Å². The molecule has 0 aromatic heterocycles. The van der Waals surface area contributed by atoms with Crippen LogP contribution in [0.15, 0.2) is 11.3 Å². The summed E-state index contributed by atoms with van der Waals surface area (Å²) in [5.41, 5.74) is -1.29. The number of allylic oxidation sites excluding steroid dienone is 2. The number of nitrogens with one attached hydrogen (secondary N) is 2. The van der Waals surface area contributed by atoms with Gasteiger partial charge in [0.15, 0.2) is 0 Å². The molecule has 15 heavy (non-hydrogen) atoms. The third-order valence-electron chi connectivity index (χ3n) is 2.28. The maximum absolute atomic E-state index is 12.3. The van der Waals surface area contributed by atoms with Crippen molar-refractivity contribution in [3.8, 4) is 0 Å². The maximum atomic E-state index is 12.3. The van der Waals surface area contributed by atoms with Crippen molar-refractivity contribution in [2.45, 2.75) is 25.4 Å². The first-order chi connectivity index (χ1) is 6.86. The van der Waals surface area contributed by atoms with Gasteiger partial charge < -0.3 is 5.32 Å². The van der Waals surface area contributed by atoms with Crippen LogP contribution in [0.1, 0.15) is 19.3 Å². The summed E-state index contributed by atoms with van der Waals surface area (Å²) >= 11 is 0. The van der Waals surface area contributed by atoms with Crippen LogP contribution in [0.5, 0.6) is 0 Å². The molecule has 0 aromatic carbocycles. The Bertz CT molecular complexity index is 331. The summed E-state index contributed by atoms with van der Waals surface area (Å²) in [6.45, 7) is 0. The molecule has 0 atom stereocenters. The number of alkyl halides is 3. The standard InChI is InChI=1S/C9H11F3N2O/c1-14-7-3-2-5(15)4-6(7)8(13)9(10,11)12/h13-14H,2-4H2,1H3. The first-order valence-electron chi connectivity index (χ1n) is 4.44. The Labute approximate surface area is 84.9 Å². The van der Waals surface area contributed by atoms with Crippen molar-refractivity contribution in [2.75, 3.05) is 7.05 Å². The van der Waals surface area contributed by atoms with Crippen molar-refractivity contribution < 1.29 is 18.0 Å². The molecule has 0 unspecified atom stereocenters. The van der Waals surface area contributed by atoms with E-state index in [4.69, 9.17) is 5.41 Å². The SMILES string of the molecule is CNC1=C(C(=N)C(F)(F)F)CC(=O)CC1. The molecule has 0 saturated heterocycles. The molecule has 0 amide bonds. The summed E-state index contributed by atoms with van der Waals surface area (Å²) in [4.78, 5) is 11.0. The van der Waals surface area contributed by atoms with Crippen LogP contribution in [0.4, 0.5) is 13.2 Å². The van der Waals surface area contributed by atoms with Gasteiger partial charge in [0.1, 0.15) is 11.5 Å². The third kappa shape index (κ3) is 2.57. The molecule has 2 N–H and O–H groups in total. The zero-order chi connectivity index (χ0) is 11.6. The molecule has 3 nitrogen and oxygen atoms in total. The Kier molecular flexibility index (Phi) is 3.16. The predicted octanol–water partition coefficient (Wildman–Crippen LogP) is 1.79. The Morgan fingerprint density at radius 3 is 2.47 bits per heavy atom. The highest BCUT2D eigenvalue weighted by atomic mass is 19.4. The zero-order valence-electron chi connectivity index (χ0n) is 8.16. The van der Waals surface area contributed by atoms with Gasteiger partial charge in [-0.15, -0.1) is 0 Å². The number of hydrogen-bond donors (Lipinski definition) is 2. The van der Waals surface area contributed by atoms with Crippen LogP contribution in [0, 0.1) is 5.41 Å². The minimum Gasteiger partial charge on any atom is -0.391 e. The Balaban J connectivity index is 3.03. The van der Waals surface area contributed by atoms with Gasteiger partial charge in [0.05, 0.1) is 0 Å². The van der Waals surface area contributed by atoms with E-state index in [1.165, 1.54) is 7.05 Å². The van der Waals surface area contributed by atoms with Gasteiger partial charge in [0, 0.05) is 31.2 Å². The largest absolute Gasteiger partial charge is 0.433 e. The average molecular weight is 220 g/mol. The number of Topliss-reactive ketones (excluding diaryl/α,β-unsaturated/α-hetero) is 1. The van der Waals surface area contributed by atoms with Crippen LogP contribution in [0.25, 0.3) is 0 Å². The molecule has 0 spiro atoms. The molecule has 84 valence electrons. The summed E-state index contributed by atoms with van der Waals surface area (Å²) in [7, 11) is 1.49. The molecule has 0 bridgehead atoms. The molecule has 0 fully saturated rings. The van der Waals surface area contributed by atoms with E-state index in [-0.39, 0.29) is 30.6 Å². The van der Waals surface area contributed by atoms with Crippen molar-refractivity contribution >= 4 is 11.5 Å². The van der Waals surface area contributed by atoms with E-state index in [9.17, 15) is 18.0 Å². The second-order valence-corrected chi connectivity index (χ2v) is 3.30. The number of hydrogen-bond acceptors (Lipinski definition) is 3. The molecule has 1 rings (SSSR count). The van der Waals surface area contributed by atoms with Crippen LogP contribution >= 0.6 is 0 Å². The number of ketones is 1. The minimum atomic E-state index is -4.69. The van der Waals surface area contributed by atoms with E-state index in [2.05, 4.69) is 5.32 Å². The van der Waals surface area contributed by atoms with E-state index in [1.54, 1.807) is 0 Å². The van der Waals surface area contributed by atoms with Gasteiger partial charge in [-0.2, -0.15) is 13.2 Å². The fourth-order valence-corrected chi connectivity index (χ4v) is 1.49. The Hall–Kier alpha value is -1.33. The highest BCUT2D eigenvalue weighted by Crippen LogP contribution is 2.28. The second-order valence-electron chi connectivity index (χ2n) is 3.30. The normalized spacial score (nSPS) is 18.0. The lowest BCUT2D eigenvalue weighted by Gasteiger charge is -2.21. The lowest BCUT2D eigenvalue weighted by molar-refractivity contribution is -0.118. The maximum Gasteiger partial charge on any atom is 0.433 e. The van der Waals surface area contributed by atoms with Crippen LogP contribution in [0.2, 0.25) is 0 Å². The van der Waals surface area contributed by atoms with Gasteiger partial charge in [0.2, 0.25) is 0 Å². The third-order valence-corrected chi connectivity index (χ3v) is 2.28. The number of carbonyl (C=O) groups is 1. The van der Waals surface area contributed by atoms with E-state index >= 15 is 0 Å². The van der Waals surface area contributed by atoms with Gasteiger partial charge >= 0.3 is 6.18 Å². The summed E-state index contributed by atoms with van der Waals surface area (Å²) in [6.07, 6.45) is -4.49. The van der Waals surface area contributed by atoms with Crippen molar-refractivity contribution in [1.82, 2.24) is 5.32 Å². The monoisotopic (exact) mass is 220 g/mol. The van der Waals surface area contributed by atoms with Crippen molar-refractivity contribution in [2.24, 2.45) is 0 Å². The topological polar surface area (TPSA) is 53.0 Å². The molecule has 0 radical (unpaired) electrons. The van der Waals surface area contributed by atoms with Crippen molar-refractivity contribution in [3.05, 3.63) is 11.3 Å². The van der Waals surface area contributed by atoms with Crippen LogP contribution in [-0.2, 0) is 4.79 Å². The molecule has 0 aliphatic heterocycles. The van der Waals surface area contributed by atoms with Gasteiger partial charge in [-0.05, 0) is 6.42 Å². The van der Waals surface area contributed by atoms with E-state index in [0.29, 0.717) is 5.70 Å². The smallest absolute Gasteiger partial charge is 0.391 e. The fourth-order valence-electron chi connectivity index (χ4n) is 1.49. The van der Waals surface area contributed by atoms with Crippen molar-refractivity contribution in [3.63, 3.8) is 0 Å². The highest BCUT2D eigenvalue weighted by Gasteiger charge is 2.39. The number of halogens is 3. The van der Waals surface area contributed by atoms with E-state index < -0.39 is 11.9 Å². The molecule has 1 aliphatic rings. The first kappa shape index (κ1) is 11.7. The first-order valence-corrected chi connectivity index (χ1v) is 4.44.